The summed E-state index contributed by atoms with van der Waals surface area (Å²) in [4.78, 5) is 37.9. The molecule has 3 heterocycles. The molecular formula is C17H12N2O6S2. The van der Waals surface area contributed by atoms with Crippen molar-refractivity contribution in [3.05, 3.63) is 60.7 Å². The lowest BCUT2D eigenvalue weighted by Crippen LogP contribution is -2.28. The van der Waals surface area contributed by atoms with Crippen LogP contribution in [0.25, 0.3) is 6.08 Å². The van der Waals surface area contributed by atoms with E-state index in [2.05, 4.69) is 0 Å². The summed E-state index contributed by atoms with van der Waals surface area (Å²) in [6.07, 6.45) is 1.67. The maximum absolute atomic E-state index is 12.7. The number of rotatable bonds is 4. The minimum Gasteiger partial charge on any atom is -0.467 e. The van der Waals surface area contributed by atoms with E-state index in [0.717, 1.165) is 21.5 Å². The van der Waals surface area contributed by atoms with Gasteiger partial charge in [0.1, 0.15) is 5.75 Å². The molecular weight excluding hydrogens is 392 g/mol. The van der Waals surface area contributed by atoms with Gasteiger partial charge in [-0.1, -0.05) is 6.07 Å². The standard InChI is InChI=1S/C17H12N2O6S2/c20-16-14(6-13-2-1-3-26-13)27-17(21)18(16)7-10-4-12(19(22)23)5-11-8-24-9-25-15(10)11/h1-6H,7-9H2/b14-6-. The third-order valence-corrected chi connectivity index (χ3v) is 5.73. The van der Waals surface area contributed by atoms with Gasteiger partial charge in [0.15, 0.2) is 6.79 Å². The van der Waals surface area contributed by atoms with E-state index in [0.29, 0.717) is 21.8 Å². The van der Waals surface area contributed by atoms with Crippen molar-refractivity contribution in [3.63, 3.8) is 0 Å². The van der Waals surface area contributed by atoms with Gasteiger partial charge in [0.2, 0.25) is 0 Å². The molecule has 1 saturated heterocycles. The van der Waals surface area contributed by atoms with Crippen LogP contribution in [-0.4, -0.2) is 27.8 Å². The Hall–Kier alpha value is -2.69. The summed E-state index contributed by atoms with van der Waals surface area (Å²) in [5, 5.41) is 12.7. The van der Waals surface area contributed by atoms with Crippen LogP contribution in [0.3, 0.4) is 0 Å². The molecule has 2 amide bonds. The quantitative estimate of drug-likeness (QED) is 0.435. The fraction of sp³-hybridized carbons (Fsp3) is 0.176. The highest BCUT2D eigenvalue weighted by Gasteiger charge is 2.36. The number of thioether (sulfide) groups is 1. The third-order valence-electron chi connectivity index (χ3n) is 4.00. The Labute approximate surface area is 161 Å². The number of nitro benzene ring substituents is 1. The first-order chi connectivity index (χ1) is 13.0. The second-order valence-corrected chi connectivity index (χ2v) is 7.72. The van der Waals surface area contributed by atoms with Crippen LogP contribution in [0.2, 0.25) is 0 Å². The predicted molar refractivity (Wildman–Crippen MR) is 99.2 cm³/mol. The summed E-state index contributed by atoms with van der Waals surface area (Å²) >= 11 is 2.31. The fourth-order valence-electron chi connectivity index (χ4n) is 2.81. The van der Waals surface area contributed by atoms with E-state index in [4.69, 9.17) is 9.47 Å². The van der Waals surface area contributed by atoms with Crippen LogP contribution in [0.15, 0.2) is 34.6 Å². The van der Waals surface area contributed by atoms with Gasteiger partial charge in [-0.3, -0.25) is 24.6 Å². The average Bonchev–Trinajstić information content (AvgIpc) is 3.25. The summed E-state index contributed by atoms with van der Waals surface area (Å²) in [5.74, 6) is -0.00106. The number of fused-ring (bicyclic) bond motifs is 1. The van der Waals surface area contributed by atoms with Gasteiger partial charge < -0.3 is 9.47 Å². The van der Waals surface area contributed by atoms with Crippen molar-refractivity contribution in [1.29, 1.82) is 0 Å². The molecule has 138 valence electrons. The van der Waals surface area contributed by atoms with Gasteiger partial charge in [0.05, 0.1) is 23.0 Å². The van der Waals surface area contributed by atoms with Crippen molar-refractivity contribution < 1.29 is 24.0 Å². The van der Waals surface area contributed by atoms with Crippen molar-refractivity contribution in [2.45, 2.75) is 13.2 Å². The molecule has 0 radical (unpaired) electrons. The highest BCUT2D eigenvalue weighted by atomic mass is 32.2. The Kier molecular flexibility index (Phi) is 4.68. The first-order valence-electron chi connectivity index (χ1n) is 7.82. The lowest BCUT2D eigenvalue weighted by atomic mass is 10.1. The molecule has 1 aromatic heterocycles. The Morgan fingerprint density at radius 1 is 1.33 bits per heavy atom. The van der Waals surface area contributed by atoms with Gasteiger partial charge >= 0.3 is 0 Å². The van der Waals surface area contributed by atoms with Gasteiger partial charge in [0, 0.05) is 28.1 Å². The van der Waals surface area contributed by atoms with E-state index >= 15 is 0 Å². The molecule has 1 fully saturated rings. The normalized spacial score (nSPS) is 17.9. The maximum atomic E-state index is 12.7. The van der Waals surface area contributed by atoms with Gasteiger partial charge in [-0.15, -0.1) is 11.3 Å². The van der Waals surface area contributed by atoms with Crippen LogP contribution < -0.4 is 4.74 Å². The summed E-state index contributed by atoms with van der Waals surface area (Å²) in [6, 6.07) is 6.41. The van der Waals surface area contributed by atoms with E-state index in [1.54, 1.807) is 6.08 Å². The van der Waals surface area contributed by atoms with E-state index in [-0.39, 0.29) is 25.6 Å². The molecule has 2 aromatic rings. The van der Waals surface area contributed by atoms with Crippen LogP contribution in [-0.2, 0) is 22.7 Å². The van der Waals surface area contributed by atoms with Crippen LogP contribution in [0.1, 0.15) is 16.0 Å². The lowest BCUT2D eigenvalue weighted by molar-refractivity contribution is -0.385. The summed E-state index contributed by atoms with van der Waals surface area (Å²) in [6.45, 7) is 0.0820. The summed E-state index contributed by atoms with van der Waals surface area (Å²) in [7, 11) is 0. The molecule has 1 aromatic carbocycles. The van der Waals surface area contributed by atoms with Crippen molar-refractivity contribution >= 4 is 46.0 Å². The first-order valence-corrected chi connectivity index (χ1v) is 9.52. The molecule has 0 aliphatic carbocycles. The van der Waals surface area contributed by atoms with Crippen molar-refractivity contribution in [2.75, 3.05) is 6.79 Å². The SMILES string of the molecule is O=C1S/C(=C\c2cccs2)C(=O)N1Cc1cc([N+](=O)[O-])cc2c1OCOC2. The zero-order valence-corrected chi connectivity index (χ0v) is 15.4. The minimum absolute atomic E-state index is 0.0119. The molecule has 0 bridgehead atoms. The number of ether oxygens (including phenoxy) is 2. The monoisotopic (exact) mass is 404 g/mol. The molecule has 8 nitrogen and oxygen atoms in total. The number of imide groups is 1. The molecule has 2 aliphatic rings. The van der Waals surface area contributed by atoms with Crippen LogP contribution in [0.5, 0.6) is 5.75 Å². The zero-order chi connectivity index (χ0) is 19.0. The molecule has 4 rings (SSSR count). The average molecular weight is 404 g/mol. The van der Waals surface area contributed by atoms with Crippen molar-refractivity contribution in [2.24, 2.45) is 0 Å². The lowest BCUT2D eigenvalue weighted by Gasteiger charge is -2.22. The van der Waals surface area contributed by atoms with E-state index in [9.17, 15) is 19.7 Å². The second kappa shape index (κ2) is 7.14. The topological polar surface area (TPSA) is 99.0 Å². The number of hydrogen-bond acceptors (Lipinski definition) is 8. The Morgan fingerprint density at radius 3 is 2.93 bits per heavy atom. The van der Waals surface area contributed by atoms with Gasteiger partial charge in [-0.25, -0.2) is 0 Å². The van der Waals surface area contributed by atoms with E-state index in [1.165, 1.54) is 23.5 Å². The molecule has 0 atom stereocenters. The second-order valence-electron chi connectivity index (χ2n) is 5.74. The van der Waals surface area contributed by atoms with E-state index < -0.39 is 16.1 Å². The number of thiophene rings is 1. The number of nitro groups is 1. The number of nitrogens with zero attached hydrogens (tertiary/aromatic N) is 2. The predicted octanol–water partition coefficient (Wildman–Crippen LogP) is 3.76. The number of amides is 2. The first kappa shape index (κ1) is 17.7. The molecule has 0 saturated carbocycles. The van der Waals surface area contributed by atoms with Crippen LogP contribution >= 0.6 is 23.1 Å². The van der Waals surface area contributed by atoms with Crippen molar-refractivity contribution in [1.82, 2.24) is 4.90 Å². The number of non-ortho nitro benzene ring substituents is 1. The van der Waals surface area contributed by atoms with Gasteiger partial charge in [0.25, 0.3) is 16.8 Å². The molecule has 27 heavy (non-hydrogen) atoms. The van der Waals surface area contributed by atoms with Crippen LogP contribution in [0, 0.1) is 10.1 Å². The fourth-order valence-corrected chi connectivity index (χ4v) is 4.37. The zero-order valence-electron chi connectivity index (χ0n) is 13.7. The van der Waals surface area contributed by atoms with Crippen LogP contribution in [0.4, 0.5) is 10.5 Å². The highest BCUT2D eigenvalue weighted by molar-refractivity contribution is 8.18. The number of hydrogen-bond donors (Lipinski definition) is 0. The van der Waals surface area contributed by atoms with E-state index in [1.807, 2.05) is 17.5 Å². The molecule has 0 spiro atoms. The molecule has 10 heteroatoms. The van der Waals surface area contributed by atoms with Gasteiger partial charge in [-0.2, -0.15) is 0 Å². The molecule has 0 N–H and O–H groups in total. The molecule has 2 aliphatic heterocycles. The molecule has 0 unspecified atom stereocenters. The number of carbonyl (C=O) groups excluding carboxylic acids is 2. The Bertz CT molecular complexity index is 970. The van der Waals surface area contributed by atoms with Crippen molar-refractivity contribution in [3.8, 4) is 5.75 Å². The maximum Gasteiger partial charge on any atom is 0.293 e. The smallest absolute Gasteiger partial charge is 0.293 e. The largest absolute Gasteiger partial charge is 0.467 e. The summed E-state index contributed by atoms with van der Waals surface area (Å²) in [5.41, 5.74) is 0.785. The summed E-state index contributed by atoms with van der Waals surface area (Å²) < 4.78 is 10.6. The number of carbonyl (C=O) groups is 2. The Morgan fingerprint density at radius 2 is 2.19 bits per heavy atom. The Balaban J connectivity index is 1.66. The van der Waals surface area contributed by atoms with Gasteiger partial charge in [-0.05, 0) is 29.3 Å². The number of benzene rings is 1. The minimum atomic E-state index is -0.525. The highest BCUT2D eigenvalue weighted by Crippen LogP contribution is 2.38. The third kappa shape index (κ3) is 3.46.